The zero-order valence-corrected chi connectivity index (χ0v) is 13.6. The summed E-state index contributed by atoms with van der Waals surface area (Å²) < 4.78 is 65.1. The van der Waals surface area contributed by atoms with Crippen molar-refractivity contribution < 1.29 is 21.6 Å². The minimum atomic E-state index is -4.64. The summed E-state index contributed by atoms with van der Waals surface area (Å²) >= 11 is 0. The topological polar surface area (TPSA) is 108 Å². The van der Waals surface area contributed by atoms with Gasteiger partial charge in [0.2, 0.25) is 0 Å². The number of hydrogen-bond donors (Lipinski definition) is 4. The Hall–Kier alpha value is -2.75. The lowest BCUT2D eigenvalue weighted by molar-refractivity contribution is -0.137. The molecule has 0 bridgehead atoms. The highest BCUT2D eigenvalue weighted by atomic mass is 32.2. The normalized spacial score (nSPS) is 11.8. The Morgan fingerprint density at radius 2 is 1.80 bits per heavy atom. The maximum absolute atomic E-state index is 12.7. The fourth-order valence-corrected chi connectivity index (χ4v) is 3.09. The molecule has 25 heavy (non-hydrogen) atoms. The summed E-state index contributed by atoms with van der Waals surface area (Å²) in [4.78, 5) is -0.491. The third-order valence-corrected chi connectivity index (χ3v) is 4.51. The summed E-state index contributed by atoms with van der Waals surface area (Å²) in [5.74, 6) is -0.241. The average Bonchev–Trinajstić information content (AvgIpc) is 2.52. The second-order valence-corrected chi connectivity index (χ2v) is 6.78. The number of alkyl halides is 3. The zero-order chi connectivity index (χ0) is 18.7. The van der Waals surface area contributed by atoms with E-state index in [0.29, 0.717) is 11.6 Å². The Kier molecular flexibility index (Phi) is 5.21. The number of anilines is 1. The van der Waals surface area contributed by atoms with Gasteiger partial charge in [0.05, 0.1) is 10.5 Å². The first-order valence-corrected chi connectivity index (χ1v) is 8.43. The molecule has 0 saturated carbocycles. The van der Waals surface area contributed by atoms with E-state index in [9.17, 15) is 21.6 Å². The van der Waals surface area contributed by atoms with E-state index in [1.54, 1.807) is 12.1 Å². The van der Waals surface area contributed by atoms with Crippen LogP contribution in [0.4, 0.5) is 18.9 Å². The van der Waals surface area contributed by atoms with Crippen molar-refractivity contribution in [2.24, 2.45) is 5.73 Å². The SMILES string of the molecule is N=C(N)NCc1cccc(NS(=O)(=O)c2cccc(C(F)(F)F)c2)c1. The molecule has 0 aromatic heterocycles. The Labute approximate surface area is 142 Å². The van der Waals surface area contributed by atoms with Gasteiger partial charge in [0, 0.05) is 12.2 Å². The average molecular weight is 372 g/mol. The van der Waals surface area contributed by atoms with Crippen LogP contribution in [0.1, 0.15) is 11.1 Å². The van der Waals surface area contributed by atoms with Crippen LogP contribution in [0.25, 0.3) is 0 Å². The Morgan fingerprint density at radius 1 is 1.12 bits per heavy atom. The van der Waals surface area contributed by atoms with Crippen LogP contribution in [-0.4, -0.2) is 14.4 Å². The number of guanidine groups is 1. The lowest BCUT2D eigenvalue weighted by Crippen LogP contribution is -2.29. The highest BCUT2D eigenvalue weighted by Crippen LogP contribution is 2.30. The molecule has 5 N–H and O–H groups in total. The second-order valence-electron chi connectivity index (χ2n) is 5.10. The van der Waals surface area contributed by atoms with Gasteiger partial charge in [-0.3, -0.25) is 10.1 Å². The molecule has 0 unspecified atom stereocenters. The molecule has 0 aliphatic rings. The molecule has 0 spiro atoms. The summed E-state index contributed by atoms with van der Waals surface area (Å²) in [5.41, 5.74) is 4.95. The Balaban J connectivity index is 2.24. The second kappa shape index (κ2) is 7.01. The van der Waals surface area contributed by atoms with Crippen LogP contribution in [0, 0.1) is 5.41 Å². The number of nitrogens with two attached hydrogens (primary N) is 1. The fraction of sp³-hybridized carbons (Fsp3) is 0.133. The van der Waals surface area contributed by atoms with Gasteiger partial charge in [-0.25, -0.2) is 8.42 Å². The van der Waals surface area contributed by atoms with Gasteiger partial charge in [-0.2, -0.15) is 13.2 Å². The molecule has 6 nitrogen and oxygen atoms in total. The van der Waals surface area contributed by atoms with Gasteiger partial charge in [-0.15, -0.1) is 0 Å². The lowest BCUT2D eigenvalue weighted by atomic mass is 10.2. The van der Waals surface area contributed by atoms with Crippen LogP contribution in [0.2, 0.25) is 0 Å². The highest BCUT2D eigenvalue weighted by molar-refractivity contribution is 7.92. The molecular formula is C15H15F3N4O2S. The van der Waals surface area contributed by atoms with Gasteiger partial charge < -0.3 is 11.1 Å². The molecule has 0 aliphatic heterocycles. The van der Waals surface area contributed by atoms with Crippen molar-refractivity contribution in [2.75, 3.05) is 4.72 Å². The maximum atomic E-state index is 12.7. The molecule has 2 aromatic carbocycles. The molecule has 10 heteroatoms. The van der Waals surface area contributed by atoms with Crippen molar-refractivity contribution in [2.45, 2.75) is 17.6 Å². The monoisotopic (exact) mass is 372 g/mol. The van der Waals surface area contributed by atoms with E-state index >= 15 is 0 Å². The molecule has 2 aromatic rings. The summed E-state index contributed by atoms with van der Waals surface area (Å²) in [5, 5.41) is 9.65. The summed E-state index contributed by atoms with van der Waals surface area (Å²) in [6.07, 6.45) is -4.64. The van der Waals surface area contributed by atoms with Crippen molar-refractivity contribution in [1.82, 2.24) is 5.32 Å². The van der Waals surface area contributed by atoms with Gasteiger partial charge in [0.1, 0.15) is 0 Å². The Morgan fingerprint density at radius 3 is 2.44 bits per heavy atom. The van der Waals surface area contributed by atoms with Crippen LogP contribution >= 0.6 is 0 Å². The minimum Gasteiger partial charge on any atom is -0.370 e. The minimum absolute atomic E-state index is 0.181. The van der Waals surface area contributed by atoms with Crippen LogP contribution in [-0.2, 0) is 22.7 Å². The largest absolute Gasteiger partial charge is 0.416 e. The number of hydrogen-bond acceptors (Lipinski definition) is 3. The highest BCUT2D eigenvalue weighted by Gasteiger charge is 2.31. The number of nitrogens with one attached hydrogen (secondary N) is 3. The molecule has 0 fully saturated rings. The summed E-state index contributed by atoms with van der Waals surface area (Å²) in [6.45, 7) is 0.203. The van der Waals surface area contributed by atoms with Gasteiger partial charge in [0.15, 0.2) is 5.96 Å². The summed E-state index contributed by atoms with van der Waals surface area (Å²) in [7, 11) is -4.18. The van der Waals surface area contributed by atoms with Crippen molar-refractivity contribution in [3.8, 4) is 0 Å². The first kappa shape index (κ1) is 18.6. The van der Waals surface area contributed by atoms with Crippen LogP contribution < -0.4 is 15.8 Å². The molecule has 2 rings (SSSR count). The smallest absolute Gasteiger partial charge is 0.370 e. The van der Waals surface area contributed by atoms with Gasteiger partial charge in [-0.1, -0.05) is 18.2 Å². The van der Waals surface area contributed by atoms with E-state index in [1.807, 2.05) is 0 Å². The quantitative estimate of drug-likeness (QED) is 0.478. The summed E-state index contributed by atoms with van der Waals surface area (Å²) in [6, 6.07) is 9.68. The molecule has 0 amide bonds. The van der Waals surface area contributed by atoms with E-state index in [-0.39, 0.29) is 18.2 Å². The van der Waals surface area contributed by atoms with Crippen LogP contribution in [0.15, 0.2) is 53.4 Å². The standard InChI is InChI=1S/C15H15F3N4O2S/c16-15(17,18)11-4-2-6-13(8-11)25(23,24)22-12-5-1-3-10(7-12)9-21-14(19)20/h1-8,22H,9H2,(H4,19,20,21). The van der Waals surface area contributed by atoms with Crippen molar-refractivity contribution >= 4 is 21.7 Å². The van der Waals surface area contributed by atoms with E-state index in [4.69, 9.17) is 11.1 Å². The number of sulfonamides is 1. The van der Waals surface area contributed by atoms with Crippen LogP contribution in [0.5, 0.6) is 0 Å². The molecular weight excluding hydrogens is 357 g/mol. The maximum Gasteiger partial charge on any atom is 0.416 e. The first-order valence-electron chi connectivity index (χ1n) is 6.95. The number of rotatable bonds is 5. The molecule has 0 atom stereocenters. The molecule has 0 heterocycles. The van der Waals surface area contributed by atoms with E-state index < -0.39 is 26.7 Å². The first-order chi connectivity index (χ1) is 11.6. The van der Waals surface area contributed by atoms with Gasteiger partial charge in [0.25, 0.3) is 10.0 Å². The van der Waals surface area contributed by atoms with Crippen molar-refractivity contribution in [3.05, 3.63) is 59.7 Å². The van der Waals surface area contributed by atoms with Crippen molar-refractivity contribution in [1.29, 1.82) is 5.41 Å². The molecule has 0 radical (unpaired) electrons. The molecule has 134 valence electrons. The van der Waals surface area contributed by atoms with Gasteiger partial charge in [-0.05, 0) is 35.9 Å². The fourth-order valence-electron chi connectivity index (χ4n) is 2.00. The predicted molar refractivity (Wildman–Crippen MR) is 87.4 cm³/mol. The molecule has 0 aliphatic carbocycles. The zero-order valence-electron chi connectivity index (χ0n) is 12.8. The van der Waals surface area contributed by atoms with E-state index in [0.717, 1.165) is 18.2 Å². The third kappa shape index (κ3) is 5.11. The van der Waals surface area contributed by atoms with E-state index in [2.05, 4.69) is 10.0 Å². The predicted octanol–water partition coefficient (Wildman–Crippen LogP) is 2.49. The molecule has 0 saturated heterocycles. The lowest BCUT2D eigenvalue weighted by Gasteiger charge is -2.12. The van der Waals surface area contributed by atoms with Gasteiger partial charge >= 0.3 is 6.18 Å². The number of benzene rings is 2. The third-order valence-electron chi connectivity index (χ3n) is 3.13. The Bertz CT molecular complexity index is 882. The van der Waals surface area contributed by atoms with Crippen LogP contribution in [0.3, 0.4) is 0 Å². The van der Waals surface area contributed by atoms with Crippen molar-refractivity contribution in [3.63, 3.8) is 0 Å². The number of halogens is 3. The van der Waals surface area contributed by atoms with E-state index in [1.165, 1.54) is 12.1 Å².